The normalized spacial score (nSPS) is 17.0. The predicted octanol–water partition coefficient (Wildman–Crippen LogP) is 3.93. The number of ether oxygens (including phenoxy) is 1. The molecule has 1 amide bonds. The molecule has 1 aliphatic heterocycles. The first kappa shape index (κ1) is 19.1. The molecule has 1 fully saturated rings. The van der Waals surface area contributed by atoms with Crippen LogP contribution < -0.4 is 10.6 Å². The van der Waals surface area contributed by atoms with Gasteiger partial charge in [0.15, 0.2) is 0 Å². The molecular weight excluding hydrogens is 338 g/mol. The van der Waals surface area contributed by atoms with Crippen molar-refractivity contribution in [3.63, 3.8) is 0 Å². The molecule has 0 aromatic heterocycles. The van der Waals surface area contributed by atoms with Crippen LogP contribution in [0.5, 0.6) is 0 Å². The summed E-state index contributed by atoms with van der Waals surface area (Å²) < 4.78 is 5.64. The highest BCUT2D eigenvalue weighted by molar-refractivity contribution is 6.10. The van der Waals surface area contributed by atoms with E-state index in [2.05, 4.69) is 22.5 Å². The molecule has 27 heavy (non-hydrogen) atoms. The summed E-state index contributed by atoms with van der Waals surface area (Å²) in [6.45, 7) is 5.44. The number of carbonyl (C=O) groups excluding carboxylic acids is 1. The highest BCUT2D eigenvalue weighted by Crippen LogP contribution is 2.13. The van der Waals surface area contributed by atoms with Crippen molar-refractivity contribution in [1.29, 1.82) is 0 Å². The lowest BCUT2D eigenvalue weighted by Gasteiger charge is -2.14. The van der Waals surface area contributed by atoms with Gasteiger partial charge in [0.05, 0.1) is 12.6 Å². The van der Waals surface area contributed by atoms with Crippen LogP contribution in [0, 0.1) is 6.92 Å². The van der Waals surface area contributed by atoms with Gasteiger partial charge in [-0.25, -0.2) is 4.99 Å². The van der Waals surface area contributed by atoms with Gasteiger partial charge in [-0.15, -0.1) is 0 Å². The highest BCUT2D eigenvalue weighted by Gasteiger charge is 2.16. The van der Waals surface area contributed by atoms with Crippen LogP contribution in [0.25, 0.3) is 0 Å². The quantitative estimate of drug-likeness (QED) is 0.623. The Labute approximate surface area is 160 Å². The molecule has 1 aliphatic rings. The molecule has 0 spiro atoms. The Hall–Kier alpha value is -2.66. The molecule has 142 valence electrons. The summed E-state index contributed by atoms with van der Waals surface area (Å²) in [6, 6.07) is 15.6. The van der Waals surface area contributed by atoms with Crippen LogP contribution in [0.3, 0.4) is 0 Å². The van der Waals surface area contributed by atoms with E-state index >= 15 is 0 Å². The molecular formula is C22H27N3O2. The van der Waals surface area contributed by atoms with Crippen molar-refractivity contribution in [3.8, 4) is 0 Å². The molecule has 1 atom stereocenters. The summed E-state index contributed by atoms with van der Waals surface area (Å²) in [5.41, 5.74) is 3.85. The molecule has 5 heteroatoms. The topological polar surface area (TPSA) is 62.7 Å². The molecule has 3 rings (SSSR count). The first-order valence-corrected chi connectivity index (χ1v) is 9.54. The van der Waals surface area contributed by atoms with Crippen LogP contribution in [0.15, 0.2) is 53.5 Å². The van der Waals surface area contributed by atoms with Gasteiger partial charge < -0.3 is 10.1 Å². The number of nitrogens with zero attached hydrogens (tertiary/aromatic N) is 1. The lowest BCUT2D eigenvalue weighted by atomic mass is 10.1. The van der Waals surface area contributed by atoms with Gasteiger partial charge in [0.2, 0.25) is 5.96 Å². The monoisotopic (exact) mass is 365 g/mol. The zero-order chi connectivity index (χ0) is 19.1. The fraction of sp³-hybridized carbons (Fsp3) is 0.364. The van der Waals surface area contributed by atoms with Gasteiger partial charge >= 0.3 is 0 Å². The van der Waals surface area contributed by atoms with Crippen molar-refractivity contribution in [2.75, 3.05) is 18.5 Å². The maximum atomic E-state index is 12.6. The summed E-state index contributed by atoms with van der Waals surface area (Å²) >= 11 is 0. The molecule has 0 saturated carbocycles. The number of carbonyl (C=O) groups is 1. The first-order chi connectivity index (χ1) is 13.1. The number of aryl methyl sites for hydroxylation is 2. The second kappa shape index (κ2) is 9.33. The lowest BCUT2D eigenvalue weighted by Crippen LogP contribution is -2.36. The Bertz CT molecular complexity index is 793. The van der Waals surface area contributed by atoms with E-state index in [0.29, 0.717) is 18.1 Å². The van der Waals surface area contributed by atoms with E-state index in [1.54, 1.807) is 0 Å². The van der Waals surface area contributed by atoms with E-state index in [0.717, 1.165) is 37.1 Å². The number of anilines is 1. The van der Waals surface area contributed by atoms with Crippen LogP contribution in [0.2, 0.25) is 0 Å². The number of guanidine groups is 1. The van der Waals surface area contributed by atoms with Gasteiger partial charge in [-0.1, -0.05) is 31.2 Å². The average molecular weight is 365 g/mol. The van der Waals surface area contributed by atoms with E-state index in [1.807, 2.05) is 55.5 Å². The molecule has 2 N–H and O–H groups in total. The van der Waals surface area contributed by atoms with Crippen LogP contribution in [0.4, 0.5) is 5.69 Å². The third-order valence-corrected chi connectivity index (χ3v) is 4.61. The minimum absolute atomic E-state index is 0.125. The number of nitrogens with one attached hydrogen (secondary N) is 2. The summed E-state index contributed by atoms with van der Waals surface area (Å²) in [7, 11) is 0. The van der Waals surface area contributed by atoms with Gasteiger partial charge in [-0.2, -0.15) is 0 Å². The fourth-order valence-corrected chi connectivity index (χ4v) is 3.02. The summed E-state index contributed by atoms with van der Waals surface area (Å²) in [5, 5.41) is 6.14. The molecule has 1 heterocycles. The smallest absolute Gasteiger partial charge is 0.257 e. The third kappa shape index (κ3) is 5.66. The van der Waals surface area contributed by atoms with Crippen molar-refractivity contribution >= 4 is 17.6 Å². The highest BCUT2D eigenvalue weighted by atomic mass is 16.5. The van der Waals surface area contributed by atoms with Crippen LogP contribution in [0.1, 0.15) is 41.3 Å². The average Bonchev–Trinajstić information content (AvgIpc) is 3.20. The minimum Gasteiger partial charge on any atom is -0.376 e. The molecule has 0 bridgehead atoms. The molecule has 2 aromatic rings. The van der Waals surface area contributed by atoms with Crippen molar-refractivity contribution in [3.05, 3.63) is 65.2 Å². The minimum atomic E-state index is -0.177. The van der Waals surface area contributed by atoms with Crippen molar-refractivity contribution in [2.45, 2.75) is 39.2 Å². The lowest BCUT2D eigenvalue weighted by molar-refractivity contribution is 0.0975. The largest absolute Gasteiger partial charge is 0.376 e. The maximum Gasteiger partial charge on any atom is 0.257 e. The maximum absolute atomic E-state index is 12.6. The second-order valence-corrected chi connectivity index (χ2v) is 6.82. The summed E-state index contributed by atoms with van der Waals surface area (Å²) in [6.07, 6.45) is 3.15. The Kier molecular flexibility index (Phi) is 6.60. The summed E-state index contributed by atoms with van der Waals surface area (Å²) in [4.78, 5) is 17.2. The van der Waals surface area contributed by atoms with Crippen molar-refractivity contribution in [1.82, 2.24) is 5.32 Å². The van der Waals surface area contributed by atoms with E-state index in [4.69, 9.17) is 4.74 Å². The molecule has 1 unspecified atom stereocenters. The molecule has 5 nitrogen and oxygen atoms in total. The first-order valence-electron chi connectivity index (χ1n) is 9.54. The molecule has 2 aromatic carbocycles. The summed E-state index contributed by atoms with van der Waals surface area (Å²) in [5.74, 6) is 0.268. The molecule has 0 radical (unpaired) electrons. The Morgan fingerprint density at radius 1 is 1.22 bits per heavy atom. The van der Waals surface area contributed by atoms with Crippen LogP contribution in [-0.2, 0) is 11.2 Å². The standard InChI is InChI=1S/C22H27N3O2/c1-3-17-9-11-18(12-10-17)21(26)25-22(23-15-20-8-5-13-27-20)24-19-7-4-6-16(2)14-19/h4,6-7,9-12,14,20H,3,5,8,13,15H2,1-2H3,(H2,23,24,25,26). The van der Waals surface area contributed by atoms with E-state index in [-0.39, 0.29) is 12.0 Å². The number of benzene rings is 2. The van der Waals surface area contributed by atoms with Gasteiger partial charge in [0, 0.05) is 17.9 Å². The predicted molar refractivity (Wildman–Crippen MR) is 109 cm³/mol. The fourth-order valence-electron chi connectivity index (χ4n) is 3.02. The van der Waals surface area contributed by atoms with E-state index in [9.17, 15) is 4.79 Å². The van der Waals surface area contributed by atoms with Gasteiger partial charge in [-0.05, 0) is 61.6 Å². The Balaban J connectivity index is 1.73. The number of rotatable bonds is 5. The SMILES string of the molecule is CCc1ccc(C(=O)NC(=NCC2CCCO2)Nc2cccc(C)c2)cc1. The van der Waals surface area contributed by atoms with Crippen LogP contribution >= 0.6 is 0 Å². The van der Waals surface area contributed by atoms with E-state index < -0.39 is 0 Å². The zero-order valence-electron chi connectivity index (χ0n) is 16.0. The number of amides is 1. The van der Waals surface area contributed by atoms with Gasteiger partial charge in [0.25, 0.3) is 5.91 Å². The zero-order valence-corrected chi connectivity index (χ0v) is 16.0. The number of hydrogen-bond donors (Lipinski definition) is 2. The molecule has 0 aliphatic carbocycles. The van der Waals surface area contributed by atoms with Crippen molar-refractivity contribution < 1.29 is 9.53 Å². The van der Waals surface area contributed by atoms with Gasteiger partial charge in [-0.3, -0.25) is 10.1 Å². The third-order valence-electron chi connectivity index (χ3n) is 4.61. The molecule has 1 saturated heterocycles. The van der Waals surface area contributed by atoms with Crippen LogP contribution in [-0.4, -0.2) is 31.1 Å². The van der Waals surface area contributed by atoms with E-state index in [1.165, 1.54) is 5.56 Å². The number of hydrogen-bond acceptors (Lipinski definition) is 3. The number of aliphatic imine (C=N–C) groups is 1. The van der Waals surface area contributed by atoms with Gasteiger partial charge in [0.1, 0.15) is 0 Å². The Morgan fingerprint density at radius 2 is 2.04 bits per heavy atom. The second-order valence-electron chi connectivity index (χ2n) is 6.82. The Morgan fingerprint density at radius 3 is 2.70 bits per heavy atom. The van der Waals surface area contributed by atoms with Crippen molar-refractivity contribution in [2.24, 2.45) is 4.99 Å².